The Morgan fingerprint density at radius 2 is 0.692 bits per heavy atom. The van der Waals surface area contributed by atoms with Crippen molar-refractivity contribution in [1.82, 2.24) is 34.5 Å². The van der Waals surface area contributed by atoms with Crippen molar-refractivity contribution in [2.75, 3.05) is 47.3 Å². The number of nitrogen functional groups attached to an aromatic ring is 1. The first-order chi connectivity index (χ1) is 69.1. The van der Waals surface area contributed by atoms with Crippen LogP contribution < -0.4 is 20.9 Å². The minimum Gasteiger partial charge on any atom is -0.399 e. The summed E-state index contributed by atoms with van der Waals surface area (Å²) in [7, 11) is 0. The number of pyridine rings is 3. The van der Waals surface area contributed by atoms with Crippen LogP contribution in [-0.4, -0.2) is 60.9 Å². The van der Waals surface area contributed by atoms with E-state index in [1.807, 2.05) is 49.5 Å². The molecule has 0 saturated carbocycles. The molecule has 13 aromatic rings. The summed E-state index contributed by atoms with van der Waals surface area (Å²) >= 11 is 17.1. The number of aryl methyl sites for hydroxylation is 10. The van der Waals surface area contributed by atoms with Crippen molar-refractivity contribution in [1.29, 1.82) is 0 Å². The second kappa shape index (κ2) is 68.1. The van der Waals surface area contributed by atoms with Crippen LogP contribution in [0.15, 0.2) is 266 Å². The molecule has 2 unspecified atom stereocenters. The summed E-state index contributed by atoms with van der Waals surface area (Å²) < 4.78 is 58.0. The number of aromatic nitrogens is 7. The van der Waals surface area contributed by atoms with E-state index in [9.17, 15) is 13.2 Å². The Morgan fingerprint density at radius 3 is 0.972 bits per heavy atom. The van der Waals surface area contributed by atoms with Crippen LogP contribution in [-0.2, 0) is 67.0 Å². The van der Waals surface area contributed by atoms with Crippen molar-refractivity contribution < 1.29 is 22.6 Å². The molecule has 7 heterocycles. The standard InChI is InChI=1S/C36H43F3N4O.C27H33ClN2.C22H31N.C11H15I.C11H17N.C10H16N2O.C5H3BrClN.ClH/c1-3-5-7-10-27-13-17-29(18-14-27)42(30-19-15-28(16-20-30)11-8-6-4-2)31-21-22-33(40-25-31)34-24-35(36(37,38)39)41-43(34)32-12-9-23-44-26-32;1-3-5-7-9-22-11-15-24(16-12-22)30(26-19-20-27(28)29-21-26)25-17-13-23(14-18-25)10-8-6-4-2;1-3-5-7-9-19-11-15-21(16-12-19)23-22-17-13-20(14-18-22)10-8-6-4-2;2*1-2-3-4-5-10-6-8-11(12)9-7-10;1-8-6-9(2)12(11-8)10-4-3-5-13-7-10;6-4-1-2-5(7)8-3-4;/h13-22,24-25,32H,3-12,23,26H2,1-2H3;11-21H,3-10H2,1-2H3;11-18,23H,3-10H2,1-2H3;6-9H,2-5H2,1H3;6-9H,2-5,12H2,1H3;6,10H,3-5,7H2,1-2H3;1-3H;1H. The number of alkyl halides is 3. The van der Waals surface area contributed by atoms with Crippen LogP contribution in [0, 0.1) is 17.4 Å². The molecule has 0 bridgehead atoms. The van der Waals surface area contributed by atoms with Gasteiger partial charge in [0.2, 0.25) is 0 Å². The van der Waals surface area contributed by atoms with Crippen molar-refractivity contribution in [3.05, 3.63) is 341 Å². The number of anilines is 9. The lowest BCUT2D eigenvalue weighted by Crippen LogP contribution is -2.23. The Labute approximate surface area is 893 Å². The number of nitrogens with zero attached hydrogens (tertiary/aromatic N) is 9. The highest BCUT2D eigenvalue weighted by atomic mass is 127. The molecule has 0 amide bonds. The molecule has 0 spiro atoms. The normalized spacial score (nSPS) is 13.1. The minimum atomic E-state index is -4.54. The predicted molar refractivity (Wildman–Crippen MR) is 615 cm³/mol. The van der Waals surface area contributed by atoms with Crippen molar-refractivity contribution >= 4 is 125 Å². The van der Waals surface area contributed by atoms with Gasteiger partial charge in [-0.3, -0.25) is 14.3 Å². The summed E-state index contributed by atoms with van der Waals surface area (Å²) in [4.78, 5) is 17.2. The fourth-order valence-corrected chi connectivity index (χ4v) is 18.0. The number of ether oxygens (including phenoxy) is 2. The van der Waals surface area contributed by atoms with Crippen LogP contribution in [0.4, 0.5) is 64.4 Å². The van der Waals surface area contributed by atoms with Crippen molar-refractivity contribution in [3.63, 3.8) is 0 Å². The molecule has 2 aliphatic heterocycles. The van der Waals surface area contributed by atoms with E-state index in [4.69, 9.17) is 43.4 Å². The molecule has 143 heavy (non-hydrogen) atoms. The summed E-state index contributed by atoms with van der Waals surface area (Å²) in [5.41, 5.74) is 28.3. The lowest BCUT2D eigenvalue weighted by molar-refractivity contribution is -0.141. The van der Waals surface area contributed by atoms with E-state index in [-0.39, 0.29) is 18.4 Å². The number of nitrogens with two attached hydrogens (primary N) is 1. The van der Waals surface area contributed by atoms with Gasteiger partial charge in [-0.25, -0.2) is 9.97 Å². The van der Waals surface area contributed by atoms with Crippen LogP contribution in [0.1, 0.15) is 309 Å². The summed E-state index contributed by atoms with van der Waals surface area (Å²) in [5.74, 6) is 0. The second-order valence-electron chi connectivity index (χ2n) is 37.4. The number of nitrogens with one attached hydrogen (secondary N) is 1. The van der Waals surface area contributed by atoms with Crippen molar-refractivity contribution in [2.45, 2.75) is 319 Å². The lowest BCUT2D eigenvalue weighted by Gasteiger charge is -2.26. The van der Waals surface area contributed by atoms with Gasteiger partial charge in [-0.15, -0.1) is 12.4 Å². The maximum atomic E-state index is 13.7. The molecule has 13 nitrogen and oxygen atoms in total. The van der Waals surface area contributed by atoms with Crippen molar-refractivity contribution in [3.8, 4) is 11.4 Å². The first-order valence-corrected chi connectivity index (χ1v) is 55.4. The molecule has 21 heteroatoms. The molecular weight excluding hydrogens is 2020 g/mol. The molecule has 0 aliphatic carbocycles. The average Bonchev–Trinajstić information content (AvgIpc) is 1.68. The second-order valence-corrected chi connectivity index (χ2v) is 40.3. The Morgan fingerprint density at radius 1 is 0.385 bits per heavy atom. The predicted octanol–water partition coefficient (Wildman–Crippen LogP) is 37.6. The molecule has 2 saturated heterocycles. The molecule has 3 N–H and O–H groups in total. The quantitative estimate of drug-likeness (QED) is 0.0164. The van der Waals surface area contributed by atoms with Gasteiger partial charge in [0.1, 0.15) is 10.3 Å². The third-order valence-electron chi connectivity index (χ3n) is 25.4. The Balaban J connectivity index is 0.000000220. The van der Waals surface area contributed by atoms with Gasteiger partial charge in [0.15, 0.2) is 5.69 Å². The van der Waals surface area contributed by atoms with Crippen LogP contribution in [0.3, 0.4) is 0 Å². The van der Waals surface area contributed by atoms with E-state index in [1.54, 1.807) is 24.5 Å². The van der Waals surface area contributed by atoms with Gasteiger partial charge >= 0.3 is 6.18 Å². The highest BCUT2D eigenvalue weighted by molar-refractivity contribution is 14.1. The highest BCUT2D eigenvalue weighted by Crippen LogP contribution is 2.40. The number of halogens is 8. The van der Waals surface area contributed by atoms with Crippen LogP contribution in [0.5, 0.6) is 0 Å². The molecule has 0 radical (unpaired) electrons. The first-order valence-electron chi connectivity index (χ1n) is 52.8. The summed E-state index contributed by atoms with van der Waals surface area (Å²) in [5, 5.41) is 13.0. The molecule has 8 aromatic carbocycles. The van der Waals surface area contributed by atoms with Gasteiger partial charge in [0.05, 0.1) is 66.1 Å². The Bertz CT molecular complexity index is 5280. The molecule has 5 aromatic heterocycles. The third-order valence-corrected chi connectivity index (χ3v) is 27.0. The SMILES string of the molecule is CCCCCc1ccc(I)cc1.CCCCCc1ccc(N(c2ccc(CCCCC)cc2)c2ccc(-c3cc(C(F)(F)F)nn3C3CCCOC3)nc2)cc1.CCCCCc1ccc(N(c2ccc(CCCCC)cc2)c2ccc(Cl)nc2)cc1.CCCCCc1ccc(N)cc1.CCCCCc1ccc(Nc2ccc(CCCCC)cc2)cc1.Cc1cc(C)n(C2CCCOC2)n1.Cl.Clc1ccc(Br)cn1. The van der Waals surface area contributed by atoms with Crippen LogP contribution in [0.2, 0.25) is 10.3 Å². The average molecular weight is 2180 g/mol. The summed E-state index contributed by atoms with van der Waals surface area (Å²) in [6.45, 7) is 24.7. The fraction of sp³-hybridized carbons (Fsp3) is 0.434. The van der Waals surface area contributed by atoms with Gasteiger partial charge in [0, 0.05) is 73.0 Å². The molecule has 770 valence electrons. The van der Waals surface area contributed by atoms with Gasteiger partial charge in [0.25, 0.3) is 0 Å². The molecule has 2 atom stereocenters. The van der Waals surface area contributed by atoms with Crippen LogP contribution in [0.25, 0.3) is 11.4 Å². The van der Waals surface area contributed by atoms with E-state index in [1.165, 1.54) is 256 Å². The number of hydrogen-bond donors (Lipinski definition) is 2. The van der Waals surface area contributed by atoms with Gasteiger partial charge in [-0.05, 0) is 371 Å². The van der Waals surface area contributed by atoms with E-state index < -0.39 is 11.9 Å². The van der Waals surface area contributed by atoms with E-state index in [0.717, 1.165) is 108 Å². The number of benzene rings is 8. The van der Waals surface area contributed by atoms with Gasteiger partial charge < -0.3 is 30.3 Å². The minimum absolute atomic E-state index is 0. The zero-order chi connectivity index (χ0) is 101. The Hall–Kier alpha value is -9.38. The zero-order valence-electron chi connectivity index (χ0n) is 86.7. The molecule has 15 rings (SSSR count). The smallest absolute Gasteiger partial charge is 0.399 e. The van der Waals surface area contributed by atoms with Gasteiger partial charge in [-0.1, -0.05) is 278 Å². The topological polar surface area (TPSA) is 137 Å². The largest absolute Gasteiger partial charge is 0.435 e. The maximum Gasteiger partial charge on any atom is 0.435 e. The van der Waals surface area contributed by atoms with Crippen molar-refractivity contribution in [2.24, 2.45) is 0 Å². The van der Waals surface area contributed by atoms with E-state index >= 15 is 0 Å². The number of unbranched alkanes of at least 4 members (excludes halogenated alkanes) is 16. The van der Waals surface area contributed by atoms with Crippen LogP contribution >= 0.6 is 74.1 Å². The lowest BCUT2D eigenvalue weighted by atomic mass is 10.0. The molecule has 2 aliphatic rings. The first kappa shape index (κ1) is 119. The molecular formula is C122H159BrCl3F3IN11O2. The highest BCUT2D eigenvalue weighted by Gasteiger charge is 2.37. The number of rotatable bonds is 43. The Kier molecular flexibility index (Phi) is 56.6. The third kappa shape index (κ3) is 44.1. The van der Waals surface area contributed by atoms with E-state index in [2.05, 4.69) is 329 Å². The summed E-state index contributed by atoms with van der Waals surface area (Å²) in [6, 6.07) is 84.5. The van der Waals surface area contributed by atoms with Gasteiger partial charge in [-0.2, -0.15) is 23.4 Å². The maximum absolute atomic E-state index is 13.7. The molecule has 2 fully saturated rings. The zero-order valence-corrected chi connectivity index (χ0v) is 92.8. The fourth-order valence-electron chi connectivity index (χ4n) is 17.2. The monoisotopic (exact) mass is 2180 g/mol. The summed E-state index contributed by atoms with van der Waals surface area (Å²) in [6.07, 6.45) is 44.2. The number of hydrogen-bond acceptors (Lipinski definition) is 11. The van der Waals surface area contributed by atoms with E-state index in [0.29, 0.717) is 47.4 Å².